The molecule has 3 heteroatoms. The average molecular weight is 249 g/mol. The van der Waals surface area contributed by atoms with Crippen molar-refractivity contribution in [3.63, 3.8) is 0 Å². The molecule has 94 valence electrons. The number of hydrogen-bond acceptors (Lipinski definition) is 3. The number of nitrogens with zero attached hydrogens (tertiary/aromatic N) is 2. The largest absolute Gasteiger partial charge is 0.383 e. The van der Waals surface area contributed by atoms with Crippen LogP contribution >= 0.6 is 0 Å². The Balaban J connectivity index is 2.27. The molecule has 3 rings (SSSR count). The summed E-state index contributed by atoms with van der Waals surface area (Å²) in [6, 6.07) is 12.3. The Bertz CT molecular complexity index is 763. The van der Waals surface area contributed by atoms with Gasteiger partial charge in [0, 0.05) is 17.1 Å². The maximum atomic E-state index is 6.07. The summed E-state index contributed by atoms with van der Waals surface area (Å²) >= 11 is 0. The van der Waals surface area contributed by atoms with Crippen LogP contribution in [-0.4, -0.2) is 9.97 Å². The summed E-state index contributed by atoms with van der Waals surface area (Å²) in [6.07, 6.45) is 1.73. The molecule has 0 saturated carbocycles. The maximum Gasteiger partial charge on any atom is 0.161 e. The Morgan fingerprint density at radius 1 is 1.00 bits per heavy atom. The van der Waals surface area contributed by atoms with Gasteiger partial charge in [-0.05, 0) is 43.2 Å². The maximum absolute atomic E-state index is 6.07. The van der Waals surface area contributed by atoms with Gasteiger partial charge < -0.3 is 5.73 Å². The second kappa shape index (κ2) is 4.35. The van der Waals surface area contributed by atoms with Crippen LogP contribution in [0.5, 0.6) is 0 Å². The zero-order chi connectivity index (χ0) is 13.4. The minimum Gasteiger partial charge on any atom is -0.383 e. The lowest BCUT2D eigenvalue weighted by Gasteiger charge is -2.10. The van der Waals surface area contributed by atoms with E-state index in [-0.39, 0.29) is 0 Å². The van der Waals surface area contributed by atoms with E-state index in [9.17, 15) is 0 Å². The lowest BCUT2D eigenvalue weighted by Crippen LogP contribution is -1.97. The lowest BCUT2D eigenvalue weighted by atomic mass is 9.98. The van der Waals surface area contributed by atoms with Crippen molar-refractivity contribution >= 4 is 16.9 Å². The van der Waals surface area contributed by atoms with Gasteiger partial charge in [0.15, 0.2) is 5.65 Å². The van der Waals surface area contributed by atoms with Gasteiger partial charge in [-0.3, -0.25) is 0 Å². The molecule has 0 aliphatic rings. The normalized spacial score (nSPS) is 10.8. The molecule has 0 amide bonds. The van der Waals surface area contributed by atoms with E-state index in [1.165, 1.54) is 11.1 Å². The van der Waals surface area contributed by atoms with Gasteiger partial charge in [-0.2, -0.15) is 0 Å². The van der Waals surface area contributed by atoms with E-state index >= 15 is 0 Å². The van der Waals surface area contributed by atoms with Crippen LogP contribution in [0, 0.1) is 13.8 Å². The quantitative estimate of drug-likeness (QED) is 0.718. The predicted octanol–water partition coefficient (Wildman–Crippen LogP) is 3.50. The summed E-state index contributed by atoms with van der Waals surface area (Å²) in [4.78, 5) is 8.60. The van der Waals surface area contributed by atoms with Gasteiger partial charge in [0.1, 0.15) is 5.82 Å². The fraction of sp³-hybridized carbons (Fsp3) is 0.125. The summed E-state index contributed by atoms with van der Waals surface area (Å²) in [6.45, 7) is 4.18. The molecule has 0 saturated heterocycles. The molecule has 2 heterocycles. The molecule has 2 N–H and O–H groups in total. The molecule has 19 heavy (non-hydrogen) atoms. The highest BCUT2D eigenvalue weighted by atomic mass is 14.9. The standard InChI is InChI=1S/C16H15N3/c1-10-5-6-13(11(2)8-10)14-9-12-4-3-7-18-16(12)19-15(14)17/h3-9H,1-2H3,(H2,17,18,19). The summed E-state index contributed by atoms with van der Waals surface area (Å²) in [7, 11) is 0. The molecule has 0 spiro atoms. The van der Waals surface area contributed by atoms with Gasteiger partial charge >= 0.3 is 0 Å². The van der Waals surface area contributed by atoms with Gasteiger partial charge in [-0.25, -0.2) is 9.97 Å². The number of pyridine rings is 2. The number of anilines is 1. The second-order valence-electron chi connectivity index (χ2n) is 4.79. The second-order valence-corrected chi connectivity index (χ2v) is 4.79. The van der Waals surface area contributed by atoms with E-state index in [0.29, 0.717) is 11.5 Å². The number of aryl methyl sites for hydroxylation is 2. The summed E-state index contributed by atoms with van der Waals surface area (Å²) < 4.78 is 0. The molecule has 0 aliphatic carbocycles. The number of fused-ring (bicyclic) bond motifs is 1. The van der Waals surface area contributed by atoms with Crippen LogP contribution < -0.4 is 5.73 Å². The smallest absolute Gasteiger partial charge is 0.161 e. The number of nitrogens with two attached hydrogens (primary N) is 1. The lowest BCUT2D eigenvalue weighted by molar-refractivity contribution is 1.29. The van der Waals surface area contributed by atoms with E-state index in [1.807, 2.05) is 12.1 Å². The minimum atomic E-state index is 0.526. The van der Waals surface area contributed by atoms with Gasteiger partial charge in [-0.1, -0.05) is 23.8 Å². The number of rotatable bonds is 1. The Labute approximate surface area is 112 Å². The highest BCUT2D eigenvalue weighted by molar-refractivity contribution is 5.87. The Kier molecular flexibility index (Phi) is 2.67. The van der Waals surface area contributed by atoms with Crippen LogP contribution in [0.4, 0.5) is 5.82 Å². The van der Waals surface area contributed by atoms with Crippen molar-refractivity contribution < 1.29 is 0 Å². The molecule has 3 aromatic rings. The first-order valence-electron chi connectivity index (χ1n) is 6.24. The molecule has 0 fully saturated rings. The molecule has 1 aromatic carbocycles. The van der Waals surface area contributed by atoms with Gasteiger partial charge in [0.25, 0.3) is 0 Å². The van der Waals surface area contributed by atoms with Crippen molar-refractivity contribution in [2.24, 2.45) is 0 Å². The number of benzene rings is 1. The predicted molar refractivity (Wildman–Crippen MR) is 78.9 cm³/mol. The zero-order valence-corrected chi connectivity index (χ0v) is 11.0. The average Bonchev–Trinajstić information content (AvgIpc) is 2.38. The van der Waals surface area contributed by atoms with Crippen LogP contribution in [0.3, 0.4) is 0 Å². The van der Waals surface area contributed by atoms with Crippen LogP contribution in [0.1, 0.15) is 11.1 Å². The van der Waals surface area contributed by atoms with Crippen molar-refractivity contribution in [1.82, 2.24) is 9.97 Å². The highest BCUT2D eigenvalue weighted by Crippen LogP contribution is 2.30. The van der Waals surface area contributed by atoms with Crippen molar-refractivity contribution in [2.75, 3.05) is 5.73 Å². The summed E-state index contributed by atoms with van der Waals surface area (Å²) in [5, 5.41) is 1.01. The van der Waals surface area contributed by atoms with Crippen LogP contribution in [-0.2, 0) is 0 Å². The number of hydrogen-bond donors (Lipinski definition) is 1. The minimum absolute atomic E-state index is 0.526. The van der Waals surface area contributed by atoms with E-state index < -0.39 is 0 Å². The first-order chi connectivity index (χ1) is 9.15. The topological polar surface area (TPSA) is 51.8 Å². The number of nitrogen functional groups attached to an aromatic ring is 1. The SMILES string of the molecule is Cc1ccc(-c2cc3cccnc3nc2N)c(C)c1. The molecule has 0 aliphatic heterocycles. The fourth-order valence-electron chi connectivity index (χ4n) is 2.35. The molecule has 0 atom stereocenters. The first-order valence-corrected chi connectivity index (χ1v) is 6.24. The molecular weight excluding hydrogens is 234 g/mol. The Hall–Kier alpha value is -2.42. The van der Waals surface area contributed by atoms with Crippen LogP contribution in [0.2, 0.25) is 0 Å². The van der Waals surface area contributed by atoms with Crippen molar-refractivity contribution in [2.45, 2.75) is 13.8 Å². The van der Waals surface area contributed by atoms with Crippen molar-refractivity contribution in [1.29, 1.82) is 0 Å². The van der Waals surface area contributed by atoms with E-state index in [2.05, 4.69) is 48.1 Å². The van der Waals surface area contributed by atoms with E-state index in [0.717, 1.165) is 16.5 Å². The zero-order valence-electron chi connectivity index (χ0n) is 11.0. The molecule has 3 nitrogen and oxygen atoms in total. The monoisotopic (exact) mass is 249 g/mol. The molecule has 0 unspecified atom stereocenters. The molecule has 2 aromatic heterocycles. The highest BCUT2D eigenvalue weighted by Gasteiger charge is 2.09. The first kappa shape index (κ1) is 11.7. The van der Waals surface area contributed by atoms with E-state index in [1.54, 1.807) is 6.20 Å². The fourth-order valence-corrected chi connectivity index (χ4v) is 2.35. The van der Waals surface area contributed by atoms with E-state index in [4.69, 9.17) is 5.73 Å². The van der Waals surface area contributed by atoms with Gasteiger partial charge in [-0.15, -0.1) is 0 Å². The summed E-state index contributed by atoms with van der Waals surface area (Å²) in [5.74, 6) is 0.526. The third-order valence-electron chi connectivity index (χ3n) is 3.29. The summed E-state index contributed by atoms with van der Waals surface area (Å²) in [5.41, 5.74) is 11.3. The third-order valence-corrected chi connectivity index (χ3v) is 3.29. The van der Waals surface area contributed by atoms with Crippen molar-refractivity contribution in [3.05, 3.63) is 53.7 Å². The Morgan fingerprint density at radius 2 is 1.84 bits per heavy atom. The Morgan fingerprint density at radius 3 is 2.63 bits per heavy atom. The molecular formula is C16H15N3. The third kappa shape index (κ3) is 2.03. The van der Waals surface area contributed by atoms with Gasteiger partial charge in [0.2, 0.25) is 0 Å². The van der Waals surface area contributed by atoms with Crippen LogP contribution in [0.15, 0.2) is 42.6 Å². The van der Waals surface area contributed by atoms with Crippen molar-refractivity contribution in [3.8, 4) is 11.1 Å². The molecule has 0 bridgehead atoms. The van der Waals surface area contributed by atoms with Gasteiger partial charge in [0.05, 0.1) is 0 Å². The molecule has 0 radical (unpaired) electrons. The number of aromatic nitrogens is 2. The van der Waals surface area contributed by atoms with Crippen LogP contribution in [0.25, 0.3) is 22.2 Å².